The number of aromatic nitrogens is 1. The molecule has 0 unspecified atom stereocenters. The molecule has 1 saturated heterocycles. The third-order valence-electron chi connectivity index (χ3n) is 5.18. The molecule has 1 aromatic heterocycles. The molecule has 3 aromatic carbocycles. The van der Waals surface area contributed by atoms with Gasteiger partial charge in [0.2, 0.25) is 0 Å². The van der Waals surface area contributed by atoms with E-state index >= 15 is 0 Å². The fourth-order valence-electron chi connectivity index (χ4n) is 3.43. The first-order chi connectivity index (χ1) is 17.2. The van der Waals surface area contributed by atoms with Gasteiger partial charge in [-0.15, -0.1) is 0 Å². The first-order valence-corrected chi connectivity index (χ1v) is 12.1. The van der Waals surface area contributed by atoms with Gasteiger partial charge < -0.3 is 4.74 Å². The Morgan fingerprint density at radius 1 is 0.914 bits per heavy atom. The summed E-state index contributed by atoms with van der Waals surface area (Å²) in [5, 5.41) is 1.26. The summed E-state index contributed by atoms with van der Waals surface area (Å²) >= 11 is 7.26. The van der Waals surface area contributed by atoms with Crippen LogP contribution in [0.4, 0.5) is 11.5 Å². The van der Waals surface area contributed by atoms with Gasteiger partial charge in [0.05, 0.1) is 10.6 Å². The highest BCUT2D eigenvalue weighted by Gasteiger charge is 2.34. The van der Waals surface area contributed by atoms with Crippen molar-refractivity contribution in [2.24, 2.45) is 4.99 Å². The van der Waals surface area contributed by atoms with Gasteiger partial charge in [0.1, 0.15) is 12.4 Å². The summed E-state index contributed by atoms with van der Waals surface area (Å²) in [7, 11) is 0. The molecule has 0 bridgehead atoms. The second-order valence-electron chi connectivity index (χ2n) is 7.65. The number of pyridine rings is 1. The predicted molar refractivity (Wildman–Crippen MR) is 143 cm³/mol. The molecular formula is C28H20ClN3O2S. The van der Waals surface area contributed by atoms with Crippen LogP contribution in [-0.2, 0) is 11.4 Å². The van der Waals surface area contributed by atoms with Crippen LogP contribution in [0.2, 0.25) is 5.02 Å². The Hall–Kier alpha value is -3.87. The van der Waals surface area contributed by atoms with E-state index in [2.05, 4.69) is 9.98 Å². The standard InChI is InChI=1S/C28H20ClN3O2S/c29-22-13-9-21(10-14-22)19-34-24-15-11-20(12-16-24)18-25-27(33)32(23-6-2-1-3-7-23)28(35-25)31-26-8-4-5-17-30-26/h1-18H,19H2/b25-18-,31-28+. The van der Waals surface area contributed by atoms with E-state index in [4.69, 9.17) is 16.3 Å². The van der Waals surface area contributed by atoms with Crippen molar-refractivity contribution in [3.8, 4) is 5.75 Å². The smallest absolute Gasteiger partial charge is 0.271 e. The minimum absolute atomic E-state index is 0.126. The number of benzene rings is 3. The van der Waals surface area contributed by atoms with Crippen LogP contribution < -0.4 is 9.64 Å². The maximum Gasteiger partial charge on any atom is 0.271 e. The Morgan fingerprint density at radius 3 is 2.37 bits per heavy atom. The highest BCUT2D eigenvalue weighted by Crippen LogP contribution is 2.37. The van der Waals surface area contributed by atoms with E-state index in [1.807, 2.05) is 103 Å². The van der Waals surface area contributed by atoms with Gasteiger partial charge in [0.25, 0.3) is 5.91 Å². The number of thioether (sulfide) groups is 1. The van der Waals surface area contributed by atoms with Crippen molar-refractivity contribution in [3.63, 3.8) is 0 Å². The summed E-state index contributed by atoms with van der Waals surface area (Å²) in [6.45, 7) is 0.450. The molecule has 2 heterocycles. The molecular weight excluding hydrogens is 478 g/mol. The van der Waals surface area contributed by atoms with Crippen LogP contribution in [0.3, 0.4) is 0 Å². The number of ether oxygens (including phenoxy) is 1. The van der Waals surface area contributed by atoms with Gasteiger partial charge in [0, 0.05) is 11.2 Å². The zero-order chi connectivity index (χ0) is 24.0. The first kappa shape index (κ1) is 22.9. The number of para-hydroxylation sites is 1. The third-order valence-corrected chi connectivity index (χ3v) is 6.40. The lowest BCUT2D eigenvalue weighted by Gasteiger charge is -2.15. The second-order valence-corrected chi connectivity index (χ2v) is 9.10. The lowest BCUT2D eigenvalue weighted by molar-refractivity contribution is -0.113. The van der Waals surface area contributed by atoms with Crippen molar-refractivity contribution in [2.75, 3.05) is 4.90 Å². The molecule has 5 rings (SSSR count). The van der Waals surface area contributed by atoms with Crippen molar-refractivity contribution in [3.05, 3.63) is 124 Å². The Kier molecular flexibility index (Phi) is 6.93. The van der Waals surface area contributed by atoms with E-state index in [0.29, 0.717) is 27.5 Å². The van der Waals surface area contributed by atoms with Gasteiger partial charge in [-0.3, -0.25) is 9.69 Å². The molecule has 1 aliphatic heterocycles. The SMILES string of the molecule is O=C1/C(=C/c2ccc(OCc3ccc(Cl)cc3)cc2)S/C(=N/c2ccccn2)N1c1ccccc1. The molecule has 1 fully saturated rings. The summed E-state index contributed by atoms with van der Waals surface area (Å²) in [5.74, 6) is 1.17. The number of halogens is 1. The Morgan fingerprint density at radius 2 is 1.66 bits per heavy atom. The predicted octanol–water partition coefficient (Wildman–Crippen LogP) is 7.12. The van der Waals surface area contributed by atoms with E-state index in [1.165, 1.54) is 11.8 Å². The zero-order valence-corrected chi connectivity index (χ0v) is 20.1. The van der Waals surface area contributed by atoms with E-state index in [-0.39, 0.29) is 5.91 Å². The van der Waals surface area contributed by atoms with Gasteiger partial charge in [-0.1, -0.05) is 60.1 Å². The summed E-state index contributed by atoms with van der Waals surface area (Å²) in [6.07, 6.45) is 3.55. The number of amidine groups is 1. The van der Waals surface area contributed by atoms with Crippen LogP contribution in [0.1, 0.15) is 11.1 Å². The number of nitrogens with zero attached hydrogens (tertiary/aromatic N) is 3. The summed E-state index contributed by atoms with van der Waals surface area (Å²) in [6, 6.07) is 30.2. The summed E-state index contributed by atoms with van der Waals surface area (Å²) in [4.78, 5) is 24.5. The Balaban J connectivity index is 1.36. The van der Waals surface area contributed by atoms with Gasteiger partial charge in [0.15, 0.2) is 11.0 Å². The average molecular weight is 498 g/mol. The molecule has 172 valence electrons. The fraction of sp³-hybridized carbons (Fsp3) is 0.0357. The molecule has 0 saturated carbocycles. The number of amides is 1. The van der Waals surface area contributed by atoms with Crippen molar-refractivity contribution >= 4 is 52.0 Å². The topological polar surface area (TPSA) is 54.8 Å². The molecule has 0 radical (unpaired) electrons. The quantitative estimate of drug-likeness (QED) is 0.266. The largest absolute Gasteiger partial charge is 0.489 e. The Labute approximate surface area is 212 Å². The van der Waals surface area contributed by atoms with Crippen molar-refractivity contribution < 1.29 is 9.53 Å². The normalized spacial score (nSPS) is 15.7. The minimum atomic E-state index is -0.126. The molecule has 0 aliphatic carbocycles. The first-order valence-electron chi connectivity index (χ1n) is 10.9. The maximum atomic E-state index is 13.4. The van der Waals surface area contributed by atoms with Gasteiger partial charge in [-0.25, -0.2) is 9.98 Å². The lowest BCUT2D eigenvalue weighted by Crippen LogP contribution is -2.28. The number of carbonyl (C=O) groups excluding carboxylic acids is 1. The van der Waals surface area contributed by atoms with Crippen LogP contribution in [0.5, 0.6) is 5.75 Å². The van der Waals surface area contributed by atoms with Crippen molar-refractivity contribution in [2.45, 2.75) is 6.61 Å². The summed E-state index contributed by atoms with van der Waals surface area (Å²) < 4.78 is 5.87. The second kappa shape index (κ2) is 10.6. The number of hydrogen-bond acceptors (Lipinski definition) is 5. The van der Waals surface area contributed by atoms with Gasteiger partial charge in [-0.2, -0.15) is 0 Å². The van der Waals surface area contributed by atoms with E-state index < -0.39 is 0 Å². The molecule has 7 heteroatoms. The average Bonchev–Trinajstić information content (AvgIpc) is 3.19. The van der Waals surface area contributed by atoms with Crippen LogP contribution in [0.25, 0.3) is 6.08 Å². The maximum absolute atomic E-state index is 13.4. The highest BCUT2D eigenvalue weighted by molar-refractivity contribution is 8.19. The minimum Gasteiger partial charge on any atom is -0.489 e. The lowest BCUT2D eigenvalue weighted by atomic mass is 10.2. The molecule has 0 atom stereocenters. The number of rotatable bonds is 6. The molecule has 0 spiro atoms. The van der Waals surface area contributed by atoms with E-state index in [1.54, 1.807) is 11.1 Å². The van der Waals surface area contributed by atoms with E-state index in [9.17, 15) is 4.79 Å². The van der Waals surface area contributed by atoms with Crippen LogP contribution in [-0.4, -0.2) is 16.1 Å². The monoisotopic (exact) mass is 497 g/mol. The number of aliphatic imine (C=N–C) groups is 1. The molecule has 5 nitrogen and oxygen atoms in total. The van der Waals surface area contributed by atoms with Crippen LogP contribution in [0.15, 0.2) is 113 Å². The van der Waals surface area contributed by atoms with Crippen LogP contribution in [0, 0.1) is 0 Å². The third kappa shape index (κ3) is 5.62. The van der Waals surface area contributed by atoms with Gasteiger partial charge >= 0.3 is 0 Å². The fourth-order valence-corrected chi connectivity index (χ4v) is 4.55. The summed E-state index contributed by atoms with van der Waals surface area (Å²) in [5.41, 5.74) is 2.69. The van der Waals surface area contributed by atoms with E-state index in [0.717, 1.165) is 22.6 Å². The van der Waals surface area contributed by atoms with Crippen molar-refractivity contribution in [1.82, 2.24) is 4.98 Å². The highest BCUT2D eigenvalue weighted by atomic mass is 35.5. The number of anilines is 1. The van der Waals surface area contributed by atoms with Crippen LogP contribution >= 0.6 is 23.4 Å². The zero-order valence-electron chi connectivity index (χ0n) is 18.5. The molecule has 1 aliphatic rings. The molecule has 35 heavy (non-hydrogen) atoms. The number of hydrogen-bond donors (Lipinski definition) is 0. The molecule has 0 N–H and O–H groups in total. The van der Waals surface area contributed by atoms with Gasteiger partial charge in [-0.05, 0) is 77.5 Å². The molecule has 1 amide bonds. The Bertz CT molecular complexity index is 1370. The molecule has 4 aromatic rings. The van der Waals surface area contributed by atoms with Crippen molar-refractivity contribution in [1.29, 1.82) is 0 Å². The number of carbonyl (C=O) groups is 1.